The van der Waals surface area contributed by atoms with Crippen LogP contribution in [0.25, 0.3) is 34.2 Å². The molecule has 0 aliphatic rings. The van der Waals surface area contributed by atoms with Crippen LogP contribution in [0.15, 0.2) is 66.9 Å². The number of benzene rings is 2. The van der Waals surface area contributed by atoms with Gasteiger partial charge in [0.25, 0.3) is 0 Å². The van der Waals surface area contributed by atoms with Crippen molar-refractivity contribution in [2.45, 2.75) is 0 Å². The number of aromatic nitrogens is 5. The number of nitrogens with one attached hydrogen (secondary N) is 1. The number of H-pyrrole nitrogens is 1. The van der Waals surface area contributed by atoms with E-state index in [0.717, 1.165) is 16.8 Å². The first-order valence-electron chi connectivity index (χ1n) is 7.47. The summed E-state index contributed by atoms with van der Waals surface area (Å²) < 4.78 is 0. The Kier molecular flexibility index (Phi) is 3.47. The Labute approximate surface area is 138 Å². The Balaban J connectivity index is 1.76. The largest absolute Gasteiger partial charge is 0.382 e. The zero-order valence-corrected chi connectivity index (χ0v) is 12.7. The van der Waals surface area contributed by atoms with Crippen LogP contribution in [0, 0.1) is 0 Å². The minimum absolute atomic E-state index is 0.311. The highest BCUT2D eigenvalue weighted by molar-refractivity contribution is 5.70. The van der Waals surface area contributed by atoms with Crippen molar-refractivity contribution in [1.82, 2.24) is 25.1 Å². The van der Waals surface area contributed by atoms with Crippen LogP contribution in [0.3, 0.4) is 0 Å². The maximum Gasteiger partial charge on any atom is 0.181 e. The van der Waals surface area contributed by atoms with E-state index < -0.39 is 0 Å². The summed E-state index contributed by atoms with van der Waals surface area (Å²) in [6.45, 7) is 0. The van der Waals surface area contributed by atoms with Crippen molar-refractivity contribution in [3.63, 3.8) is 0 Å². The Morgan fingerprint density at radius 2 is 1.46 bits per heavy atom. The molecule has 0 aliphatic carbocycles. The van der Waals surface area contributed by atoms with Crippen LogP contribution in [0.4, 0.5) is 5.82 Å². The van der Waals surface area contributed by atoms with E-state index >= 15 is 0 Å². The molecule has 0 bridgehead atoms. The second-order valence-electron chi connectivity index (χ2n) is 5.23. The highest BCUT2D eigenvalue weighted by Gasteiger charge is 2.14. The molecule has 4 aromatic rings. The van der Waals surface area contributed by atoms with Gasteiger partial charge in [0, 0.05) is 11.1 Å². The van der Waals surface area contributed by atoms with Gasteiger partial charge in [0.1, 0.15) is 5.69 Å². The zero-order chi connectivity index (χ0) is 16.4. The SMILES string of the molecule is Nc1ncc(-c2ccccc2)nc1-c1nc(-c2ccccc2)n[nH]1. The summed E-state index contributed by atoms with van der Waals surface area (Å²) in [5, 5.41) is 7.14. The Bertz CT molecular complexity index is 963. The fraction of sp³-hybridized carbons (Fsp3) is 0. The van der Waals surface area contributed by atoms with Gasteiger partial charge in [-0.15, -0.1) is 0 Å². The highest BCUT2D eigenvalue weighted by Crippen LogP contribution is 2.25. The lowest BCUT2D eigenvalue weighted by molar-refractivity contribution is 1.08. The number of aromatic amines is 1. The molecule has 3 N–H and O–H groups in total. The minimum atomic E-state index is 0.311. The predicted octanol–water partition coefficient (Wildman–Crippen LogP) is 3.18. The van der Waals surface area contributed by atoms with Crippen molar-refractivity contribution >= 4 is 5.82 Å². The number of nitrogens with zero attached hydrogens (tertiary/aromatic N) is 4. The molecule has 0 aliphatic heterocycles. The second-order valence-corrected chi connectivity index (χ2v) is 5.23. The average molecular weight is 314 g/mol. The third kappa shape index (κ3) is 2.61. The highest BCUT2D eigenvalue weighted by atomic mass is 15.2. The number of anilines is 1. The maximum absolute atomic E-state index is 5.99. The third-order valence-corrected chi connectivity index (χ3v) is 3.61. The molecule has 6 heteroatoms. The summed E-state index contributed by atoms with van der Waals surface area (Å²) in [5.41, 5.74) is 9.10. The van der Waals surface area contributed by atoms with Gasteiger partial charge in [0.15, 0.2) is 17.5 Å². The van der Waals surface area contributed by atoms with Gasteiger partial charge in [0.05, 0.1) is 11.9 Å². The molecule has 0 saturated heterocycles. The Morgan fingerprint density at radius 3 is 2.17 bits per heavy atom. The minimum Gasteiger partial charge on any atom is -0.382 e. The molecule has 0 radical (unpaired) electrons. The lowest BCUT2D eigenvalue weighted by Gasteiger charge is -2.04. The van der Waals surface area contributed by atoms with Gasteiger partial charge in [-0.25, -0.2) is 15.0 Å². The first kappa shape index (κ1) is 14.1. The quantitative estimate of drug-likeness (QED) is 0.606. The fourth-order valence-corrected chi connectivity index (χ4v) is 2.40. The van der Waals surface area contributed by atoms with E-state index in [4.69, 9.17) is 5.73 Å². The molecule has 0 fully saturated rings. The Morgan fingerprint density at radius 1 is 0.792 bits per heavy atom. The number of nitrogen functional groups attached to an aromatic ring is 1. The van der Waals surface area contributed by atoms with Gasteiger partial charge < -0.3 is 5.73 Å². The van der Waals surface area contributed by atoms with E-state index in [0.29, 0.717) is 23.2 Å². The summed E-state index contributed by atoms with van der Waals surface area (Å²) in [5.74, 6) is 1.40. The average Bonchev–Trinajstić information content (AvgIpc) is 3.13. The molecular formula is C18H14N6. The molecule has 116 valence electrons. The van der Waals surface area contributed by atoms with E-state index in [9.17, 15) is 0 Å². The van der Waals surface area contributed by atoms with Crippen molar-refractivity contribution in [3.05, 3.63) is 66.9 Å². The van der Waals surface area contributed by atoms with Gasteiger partial charge in [-0.2, -0.15) is 5.10 Å². The first-order chi connectivity index (χ1) is 11.8. The van der Waals surface area contributed by atoms with Crippen LogP contribution in [0.5, 0.6) is 0 Å². The van der Waals surface area contributed by atoms with Crippen molar-refractivity contribution in [2.24, 2.45) is 0 Å². The summed E-state index contributed by atoms with van der Waals surface area (Å²) in [7, 11) is 0. The first-order valence-corrected chi connectivity index (χ1v) is 7.47. The molecular weight excluding hydrogens is 300 g/mol. The zero-order valence-electron chi connectivity index (χ0n) is 12.7. The summed E-state index contributed by atoms with van der Waals surface area (Å²) >= 11 is 0. The maximum atomic E-state index is 5.99. The van der Waals surface area contributed by atoms with Gasteiger partial charge in [0.2, 0.25) is 0 Å². The van der Waals surface area contributed by atoms with E-state index in [2.05, 4.69) is 25.1 Å². The van der Waals surface area contributed by atoms with Crippen LogP contribution in [0.1, 0.15) is 0 Å². The lowest BCUT2D eigenvalue weighted by Crippen LogP contribution is -2.00. The van der Waals surface area contributed by atoms with Gasteiger partial charge in [-0.3, -0.25) is 5.10 Å². The van der Waals surface area contributed by atoms with Crippen LogP contribution < -0.4 is 5.73 Å². The standard InChI is InChI=1S/C18H14N6/c19-16-15(21-14(11-20-16)12-7-3-1-4-8-12)18-22-17(23-24-18)13-9-5-2-6-10-13/h1-11H,(H2,19,20)(H,22,23,24). The third-order valence-electron chi connectivity index (χ3n) is 3.61. The summed E-state index contributed by atoms with van der Waals surface area (Å²) in [6, 6.07) is 19.5. The molecule has 4 rings (SSSR count). The molecule has 0 saturated carbocycles. The van der Waals surface area contributed by atoms with E-state index in [1.54, 1.807) is 6.20 Å². The predicted molar refractivity (Wildman–Crippen MR) is 92.7 cm³/mol. The van der Waals surface area contributed by atoms with E-state index in [1.165, 1.54) is 0 Å². The van der Waals surface area contributed by atoms with Crippen LogP contribution in [-0.4, -0.2) is 25.1 Å². The second kappa shape index (κ2) is 5.92. The summed E-state index contributed by atoms with van der Waals surface area (Å²) in [4.78, 5) is 13.3. The van der Waals surface area contributed by atoms with Gasteiger partial charge in [-0.05, 0) is 0 Å². The summed E-state index contributed by atoms with van der Waals surface area (Å²) in [6.07, 6.45) is 1.66. The topological polar surface area (TPSA) is 93.4 Å². The van der Waals surface area contributed by atoms with Crippen LogP contribution in [0.2, 0.25) is 0 Å². The molecule has 0 spiro atoms. The van der Waals surface area contributed by atoms with E-state index in [1.807, 2.05) is 60.7 Å². The number of nitrogens with two attached hydrogens (primary N) is 1. The molecule has 2 aromatic carbocycles. The lowest BCUT2D eigenvalue weighted by atomic mass is 10.1. The van der Waals surface area contributed by atoms with E-state index in [-0.39, 0.29) is 0 Å². The monoisotopic (exact) mass is 314 g/mol. The van der Waals surface area contributed by atoms with Crippen LogP contribution in [-0.2, 0) is 0 Å². The molecule has 0 amide bonds. The molecule has 0 atom stereocenters. The number of hydrogen-bond donors (Lipinski definition) is 2. The number of hydrogen-bond acceptors (Lipinski definition) is 5. The number of rotatable bonds is 3. The molecule has 2 heterocycles. The van der Waals surface area contributed by atoms with Gasteiger partial charge in [-0.1, -0.05) is 60.7 Å². The smallest absolute Gasteiger partial charge is 0.181 e. The Hall–Kier alpha value is -3.54. The van der Waals surface area contributed by atoms with Crippen molar-refractivity contribution in [3.8, 4) is 34.2 Å². The normalized spacial score (nSPS) is 10.7. The molecule has 0 unspecified atom stereocenters. The van der Waals surface area contributed by atoms with Gasteiger partial charge >= 0.3 is 0 Å². The molecule has 6 nitrogen and oxygen atoms in total. The van der Waals surface area contributed by atoms with Crippen LogP contribution >= 0.6 is 0 Å². The van der Waals surface area contributed by atoms with Crippen molar-refractivity contribution < 1.29 is 0 Å². The van der Waals surface area contributed by atoms with Crippen molar-refractivity contribution in [2.75, 3.05) is 5.73 Å². The fourth-order valence-electron chi connectivity index (χ4n) is 2.40. The molecule has 24 heavy (non-hydrogen) atoms. The molecule has 2 aromatic heterocycles. The van der Waals surface area contributed by atoms with Crippen molar-refractivity contribution in [1.29, 1.82) is 0 Å².